The first-order chi connectivity index (χ1) is 9.24. The Balaban J connectivity index is 1.99. The molecule has 1 heterocycles. The second-order valence-electron chi connectivity index (χ2n) is 5.49. The Morgan fingerprint density at radius 1 is 1.16 bits per heavy atom. The van der Waals surface area contributed by atoms with Crippen molar-refractivity contribution in [3.05, 3.63) is 29.3 Å². The van der Waals surface area contributed by atoms with Crippen LogP contribution in [0.3, 0.4) is 0 Å². The van der Waals surface area contributed by atoms with Gasteiger partial charge in [-0.2, -0.15) is 0 Å². The van der Waals surface area contributed by atoms with Gasteiger partial charge in [0.1, 0.15) is 0 Å². The van der Waals surface area contributed by atoms with E-state index in [1.54, 1.807) is 0 Å². The van der Waals surface area contributed by atoms with Gasteiger partial charge in [-0.1, -0.05) is 19.1 Å². The van der Waals surface area contributed by atoms with Gasteiger partial charge in [0.25, 0.3) is 0 Å². The van der Waals surface area contributed by atoms with Gasteiger partial charge in [-0.25, -0.2) is 0 Å². The second-order valence-corrected chi connectivity index (χ2v) is 5.49. The number of hydrogen-bond acceptors (Lipinski definition) is 3. The monoisotopic (exact) mass is 261 g/mol. The van der Waals surface area contributed by atoms with Crippen LogP contribution < -0.4 is 10.6 Å². The summed E-state index contributed by atoms with van der Waals surface area (Å²) in [5, 5.41) is 0. The van der Waals surface area contributed by atoms with E-state index < -0.39 is 0 Å². The van der Waals surface area contributed by atoms with E-state index in [0.717, 1.165) is 26.1 Å². The van der Waals surface area contributed by atoms with E-state index in [-0.39, 0.29) is 0 Å². The largest absolute Gasteiger partial charge is 0.369 e. The number of benzene rings is 1. The number of aryl methyl sites for hydroxylation is 1. The van der Waals surface area contributed by atoms with Crippen LogP contribution in [0.2, 0.25) is 0 Å². The van der Waals surface area contributed by atoms with Gasteiger partial charge in [0.2, 0.25) is 0 Å². The molecule has 0 atom stereocenters. The Labute approximate surface area is 117 Å². The van der Waals surface area contributed by atoms with Gasteiger partial charge in [0.05, 0.1) is 0 Å². The zero-order valence-electron chi connectivity index (χ0n) is 12.4. The van der Waals surface area contributed by atoms with E-state index in [0.29, 0.717) is 0 Å². The summed E-state index contributed by atoms with van der Waals surface area (Å²) in [6.45, 7) is 11.1. The van der Waals surface area contributed by atoms with Crippen molar-refractivity contribution in [1.82, 2.24) is 4.90 Å². The van der Waals surface area contributed by atoms with Gasteiger partial charge in [-0.05, 0) is 50.0 Å². The van der Waals surface area contributed by atoms with E-state index >= 15 is 0 Å². The highest BCUT2D eigenvalue weighted by atomic mass is 15.3. The number of anilines is 1. The molecule has 1 aliphatic rings. The fourth-order valence-corrected chi connectivity index (χ4v) is 2.92. The van der Waals surface area contributed by atoms with Gasteiger partial charge in [0.15, 0.2) is 0 Å². The molecule has 2 rings (SSSR count). The first kappa shape index (κ1) is 14.4. The molecule has 0 radical (unpaired) electrons. The third-order valence-electron chi connectivity index (χ3n) is 3.95. The number of piperazine rings is 1. The number of nitrogens with two attached hydrogens (primary N) is 1. The van der Waals surface area contributed by atoms with Crippen LogP contribution in [0.1, 0.15) is 24.5 Å². The second kappa shape index (κ2) is 6.92. The molecule has 3 nitrogen and oxygen atoms in total. The Morgan fingerprint density at radius 2 is 1.89 bits per heavy atom. The average molecular weight is 261 g/mol. The molecule has 2 N–H and O–H groups in total. The van der Waals surface area contributed by atoms with Crippen LogP contribution in [0.5, 0.6) is 0 Å². The van der Waals surface area contributed by atoms with Crippen LogP contribution in [0.4, 0.5) is 5.69 Å². The SMILES string of the molecule is CCCN1CCN(c2ccc(CCN)cc2C)CC1. The quantitative estimate of drug-likeness (QED) is 0.880. The standard InChI is InChI=1S/C16H27N3/c1-3-8-18-9-11-19(12-10-18)16-5-4-15(6-7-17)13-14(16)2/h4-5,13H,3,6-12,17H2,1-2H3. The molecule has 1 aromatic carbocycles. The first-order valence-electron chi connectivity index (χ1n) is 7.51. The van der Waals surface area contributed by atoms with Gasteiger partial charge >= 0.3 is 0 Å². The van der Waals surface area contributed by atoms with E-state index in [1.165, 1.54) is 42.9 Å². The minimum absolute atomic E-state index is 0.731. The highest BCUT2D eigenvalue weighted by Gasteiger charge is 2.17. The Morgan fingerprint density at radius 3 is 2.47 bits per heavy atom. The van der Waals surface area contributed by atoms with Crippen LogP contribution in [-0.2, 0) is 6.42 Å². The Kier molecular flexibility index (Phi) is 5.23. The predicted molar refractivity (Wildman–Crippen MR) is 82.9 cm³/mol. The molecule has 0 saturated carbocycles. The van der Waals surface area contributed by atoms with Crippen molar-refractivity contribution < 1.29 is 0 Å². The lowest BCUT2D eigenvalue weighted by Crippen LogP contribution is -2.46. The number of hydrogen-bond donors (Lipinski definition) is 1. The molecule has 0 aliphatic carbocycles. The molecular weight excluding hydrogens is 234 g/mol. The zero-order valence-corrected chi connectivity index (χ0v) is 12.4. The normalized spacial score (nSPS) is 16.9. The average Bonchev–Trinajstić information content (AvgIpc) is 2.41. The lowest BCUT2D eigenvalue weighted by molar-refractivity contribution is 0.258. The zero-order chi connectivity index (χ0) is 13.7. The highest BCUT2D eigenvalue weighted by molar-refractivity contribution is 5.54. The molecule has 1 aromatic rings. The summed E-state index contributed by atoms with van der Waals surface area (Å²) < 4.78 is 0. The molecule has 0 unspecified atom stereocenters. The summed E-state index contributed by atoms with van der Waals surface area (Å²) in [6, 6.07) is 6.80. The topological polar surface area (TPSA) is 32.5 Å². The van der Waals surface area contributed by atoms with Gasteiger partial charge in [-0.15, -0.1) is 0 Å². The molecule has 1 aliphatic heterocycles. The van der Waals surface area contributed by atoms with Crippen molar-refractivity contribution in [2.24, 2.45) is 5.73 Å². The maximum atomic E-state index is 5.62. The smallest absolute Gasteiger partial charge is 0.0397 e. The maximum absolute atomic E-state index is 5.62. The molecule has 106 valence electrons. The minimum Gasteiger partial charge on any atom is -0.369 e. The summed E-state index contributed by atoms with van der Waals surface area (Å²) in [5.41, 5.74) is 9.76. The molecule has 3 heteroatoms. The summed E-state index contributed by atoms with van der Waals surface area (Å²) in [5.74, 6) is 0. The van der Waals surface area contributed by atoms with Gasteiger partial charge in [-0.3, -0.25) is 4.90 Å². The van der Waals surface area contributed by atoms with Gasteiger partial charge in [0, 0.05) is 31.9 Å². The number of nitrogens with zero attached hydrogens (tertiary/aromatic N) is 2. The maximum Gasteiger partial charge on any atom is 0.0397 e. The molecule has 1 fully saturated rings. The third-order valence-corrected chi connectivity index (χ3v) is 3.95. The van der Waals surface area contributed by atoms with Crippen molar-refractivity contribution in [3.8, 4) is 0 Å². The fourth-order valence-electron chi connectivity index (χ4n) is 2.92. The van der Waals surface area contributed by atoms with Crippen molar-refractivity contribution in [2.45, 2.75) is 26.7 Å². The molecule has 19 heavy (non-hydrogen) atoms. The minimum atomic E-state index is 0.731. The molecule has 0 bridgehead atoms. The molecule has 0 amide bonds. The number of rotatable bonds is 5. The van der Waals surface area contributed by atoms with Crippen molar-refractivity contribution in [1.29, 1.82) is 0 Å². The third kappa shape index (κ3) is 3.71. The summed E-state index contributed by atoms with van der Waals surface area (Å²) in [7, 11) is 0. The molecule has 1 saturated heterocycles. The lowest BCUT2D eigenvalue weighted by atomic mass is 10.1. The fraction of sp³-hybridized carbons (Fsp3) is 0.625. The first-order valence-corrected chi connectivity index (χ1v) is 7.51. The van der Waals surface area contributed by atoms with Gasteiger partial charge < -0.3 is 10.6 Å². The van der Waals surface area contributed by atoms with Crippen LogP contribution in [0.15, 0.2) is 18.2 Å². The van der Waals surface area contributed by atoms with Crippen LogP contribution in [0.25, 0.3) is 0 Å². The van der Waals surface area contributed by atoms with Crippen LogP contribution >= 0.6 is 0 Å². The summed E-state index contributed by atoms with van der Waals surface area (Å²) >= 11 is 0. The van der Waals surface area contributed by atoms with E-state index in [2.05, 4.69) is 41.8 Å². The molecular formula is C16H27N3. The van der Waals surface area contributed by atoms with Crippen LogP contribution in [0, 0.1) is 6.92 Å². The van der Waals surface area contributed by atoms with Crippen LogP contribution in [-0.4, -0.2) is 44.2 Å². The predicted octanol–water partition coefficient (Wildman–Crippen LogP) is 2.03. The van der Waals surface area contributed by atoms with Crippen molar-refractivity contribution in [2.75, 3.05) is 44.2 Å². The highest BCUT2D eigenvalue weighted by Crippen LogP contribution is 2.22. The summed E-state index contributed by atoms with van der Waals surface area (Å²) in [6.07, 6.45) is 2.23. The van der Waals surface area contributed by atoms with Crippen molar-refractivity contribution in [3.63, 3.8) is 0 Å². The molecule has 0 spiro atoms. The summed E-state index contributed by atoms with van der Waals surface area (Å²) in [4.78, 5) is 5.09. The van der Waals surface area contributed by atoms with E-state index in [4.69, 9.17) is 5.73 Å². The van der Waals surface area contributed by atoms with E-state index in [9.17, 15) is 0 Å². The lowest BCUT2D eigenvalue weighted by Gasteiger charge is -2.36. The Hall–Kier alpha value is -1.06. The van der Waals surface area contributed by atoms with Crippen molar-refractivity contribution >= 4 is 5.69 Å². The van der Waals surface area contributed by atoms with E-state index in [1.807, 2.05) is 0 Å². The Bertz CT molecular complexity index is 395. The molecule has 0 aromatic heterocycles.